The average Bonchev–Trinajstić information content (AvgIpc) is 2.41. The molecule has 0 aromatic heterocycles. The van der Waals surface area contributed by atoms with Gasteiger partial charge in [-0.3, -0.25) is 14.5 Å². The summed E-state index contributed by atoms with van der Waals surface area (Å²) in [5.41, 5.74) is 2.00. The van der Waals surface area contributed by atoms with Crippen molar-refractivity contribution >= 4 is 17.6 Å². The molecule has 21 heavy (non-hydrogen) atoms. The normalized spacial score (nSPS) is 17.0. The van der Waals surface area contributed by atoms with E-state index in [1.807, 2.05) is 29.2 Å². The number of carboxylic acid groups (broad SMARTS) is 1. The summed E-state index contributed by atoms with van der Waals surface area (Å²) < 4.78 is 0. The van der Waals surface area contributed by atoms with Gasteiger partial charge in [-0.1, -0.05) is 26.0 Å². The first-order valence-electron chi connectivity index (χ1n) is 7.33. The van der Waals surface area contributed by atoms with E-state index in [9.17, 15) is 9.59 Å². The van der Waals surface area contributed by atoms with E-state index < -0.39 is 5.97 Å². The maximum atomic E-state index is 12.0. The van der Waals surface area contributed by atoms with E-state index in [2.05, 4.69) is 12.2 Å². The number of nitrogens with one attached hydrogen (secondary N) is 1. The predicted octanol–water partition coefficient (Wildman–Crippen LogP) is 1.84. The third-order valence-corrected chi connectivity index (χ3v) is 4.07. The highest BCUT2D eigenvalue weighted by atomic mass is 16.4. The lowest BCUT2D eigenvalue weighted by molar-refractivity contribution is -0.145. The molecular formula is C16H22N2O3. The molecule has 5 nitrogen and oxygen atoms in total. The minimum absolute atomic E-state index is 0.0512. The first-order chi connectivity index (χ1) is 9.99. The Balaban J connectivity index is 1.77. The van der Waals surface area contributed by atoms with Crippen molar-refractivity contribution in [3.8, 4) is 0 Å². The molecule has 2 N–H and O–H groups in total. The fourth-order valence-electron chi connectivity index (χ4n) is 2.53. The molecule has 0 saturated carbocycles. The summed E-state index contributed by atoms with van der Waals surface area (Å²) >= 11 is 0. The summed E-state index contributed by atoms with van der Waals surface area (Å²) in [6, 6.07) is 7.82. The number of nitrogens with zero attached hydrogens (tertiary/aromatic N) is 1. The number of rotatable bonds is 6. The lowest BCUT2D eigenvalue weighted by Gasteiger charge is -2.40. The first-order valence-corrected chi connectivity index (χ1v) is 7.33. The van der Waals surface area contributed by atoms with E-state index >= 15 is 0 Å². The Morgan fingerprint density at radius 3 is 2.76 bits per heavy atom. The largest absolute Gasteiger partial charge is 0.481 e. The van der Waals surface area contributed by atoms with Gasteiger partial charge in [0.2, 0.25) is 5.91 Å². The summed E-state index contributed by atoms with van der Waals surface area (Å²) in [6.07, 6.45) is 0.935. The van der Waals surface area contributed by atoms with Crippen LogP contribution in [0, 0.1) is 11.8 Å². The number of benzene rings is 1. The van der Waals surface area contributed by atoms with Gasteiger partial charge >= 0.3 is 5.97 Å². The Hall–Kier alpha value is -1.88. The van der Waals surface area contributed by atoms with Crippen molar-refractivity contribution in [3.05, 3.63) is 29.8 Å². The molecule has 1 aromatic rings. The van der Waals surface area contributed by atoms with Gasteiger partial charge in [0.05, 0.1) is 12.5 Å². The molecule has 1 amide bonds. The third-order valence-electron chi connectivity index (χ3n) is 4.07. The van der Waals surface area contributed by atoms with Crippen molar-refractivity contribution in [3.63, 3.8) is 0 Å². The van der Waals surface area contributed by atoms with Crippen molar-refractivity contribution in [2.24, 2.45) is 11.8 Å². The standard InChI is InChI=1S/C16H22N2O3/c1-3-12-5-4-6-14(7-12)17-15(19)10-18-8-13(9-18)11(2)16(20)21/h4-7,11,13H,3,8-10H2,1-2H3,(H,17,19)(H,20,21). The van der Waals surface area contributed by atoms with Crippen molar-refractivity contribution in [2.45, 2.75) is 20.3 Å². The van der Waals surface area contributed by atoms with Crippen molar-refractivity contribution in [2.75, 3.05) is 25.0 Å². The van der Waals surface area contributed by atoms with Crippen LogP contribution in [0.1, 0.15) is 19.4 Å². The van der Waals surface area contributed by atoms with Gasteiger partial charge in [0, 0.05) is 18.8 Å². The van der Waals surface area contributed by atoms with E-state index in [1.54, 1.807) is 6.92 Å². The lowest BCUT2D eigenvalue weighted by Crippen LogP contribution is -2.53. The number of hydrogen-bond donors (Lipinski definition) is 2. The molecule has 1 heterocycles. The van der Waals surface area contributed by atoms with Gasteiger partial charge in [-0.2, -0.15) is 0 Å². The number of aryl methyl sites for hydroxylation is 1. The van der Waals surface area contributed by atoms with Crippen LogP contribution >= 0.6 is 0 Å². The van der Waals surface area contributed by atoms with Crippen LogP contribution in [0.15, 0.2) is 24.3 Å². The van der Waals surface area contributed by atoms with Crippen LogP contribution in [-0.2, 0) is 16.0 Å². The monoisotopic (exact) mass is 290 g/mol. The number of carbonyl (C=O) groups excluding carboxylic acids is 1. The molecule has 114 valence electrons. The summed E-state index contributed by atoms with van der Waals surface area (Å²) in [4.78, 5) is 24.8. The Kier molecular flexibility index (Phi) is 4.96. The van der Waals surface area contributed by atoms with Gasteiger partial charge in [0.1, 0.15) is 0 Å². The number of hydrogen-bond acceptors (Lipinski definition) is 3. The Bertz CT molecular complexity index is 524. The number of amides is 1. The van der Waals surface area contributed by atoms with E-state index in [4.69, 9.17) is 5.11 Å². The van der Waals surface area contributed by atoms with Crippen molar-refractivity contribution in [1.29, 1.82) is 0 Å². The highest BCUT2D eigenvalue weighted by molar-refractivity contribution is 5.92. The van der Waals surface area contributed by atoms with Crippen LogP contribution in [0.3, 0.4) is 0 Å². The smallest absolute Gasteiger partial charge is 0.306 e. The molecule has 1 atom stereocenters. The number of carboxylic acids is 1. The summed E-state index contributed by atoms with van der Waals surface area (Å²) in [6.45, 7) is 5.47. The fraction of sp³-hybridized carbons (Fsp3) is 0.500. The van der Waals surface area contributed by atoms with Crippen LogP contribution in [0.25, 0.3) is 0 Å². The maximum Gasteiger partial charge on any atom is 0.306 e. The highest BCUT2D eigenvalue weighted by Crippen LogP contribution is 2.23. The topological polar surface area (TPSA) is 69.6 Å². The second kappa shape index (κ2) is 6.72. The molecule has 0 spiro atoms. The zero-order chi connectivity index (χ0) is 15.4. The van der Waals surface area contributed by atoms with Gasteiger partial charge in [-0.25, -0.2) is 0 Å². The Morgan fingerprint density at radius 1 is 1.43 bits per heavy atom. The van der Waals surface area contributed by atoms with Gasteiger partial charge < -0.3 is 10.4 Å². The van der Waals surface area contributed by atoms with E-state index in [-0.39, 0.29) is 17.7 Å². The minimum atomic E-state index is -0.763. The number of likely N-dealkylation sites (tertiary alicyclic amines) is 1. The Labute approximate surface area is 125 Å². The van der Waals surface area contributed by atoms with Gasteiger partial charge in [-0.05, 0) is 30.0 Å². The molecule has 1 aliphatic rings. The quantitative estimate of drug-likeness (QED) is 0.839. The lowest BCUT2D eigenvalue weighted by atomic mass is 9.87. The van der Waals surface area contributed by atoms with Gasteiger partial charge in [0.25, 0.3) is 0 Å². The molecule has 1 aliphatic heterocycles. The molecular weight excluding hydrogens is 268 g/mol. The molecule has 2 rings (SSSR count). The van der Waals surface area contributed by atoms with Crippen LogP contribution in [0.2, 0.25) is 0 Å². The molecule has 1 aromatic carbocycles. The minimum Gasteiger partial charge on any atom is -0.481 e. The number of carbonyl (C=O) groups is 2. The molecule has 1 unspecified atom stereocenters. The van der Waals surface area contributed by atoms with Crippen molar-refractivity contribution in [1.82, 2.24) is 4.90 Å². The number of aliphatic carboxylic acids is 1. The summed E-state index contributed by atoms with van der Waals surface area (Å²) in [7, 11) is 0. The van der Waals surface area contributed by atoms with E-state index in [0.717, 1.165) is 12.1 Å². The zero-order valence-corrected chi connectivity index (χ0v) is 12.5. The first kappa shape index (κ1) is 15.5. The van der Waals surface area contributed by atoms with E-state index in [1.165, 1.54) is 5.56 Å². The third kappa shape index (κ3) is 4.04. The highest BCUT2D eigenvalue weighted by Gasteiger charge is 2.35. The van der Waals surface area contributed by atoms with E-state index in [0.29, 0.717) is 19.6 Å². The van der Waals surface area contributed by atoms with Gasteiger partial charge in [0.15, 0.2) is 0 Å². The predicted molar refractivity (Wildman–Crippen MR) is 81.2 cm³/mol. The Morgan fingerprint density at radius 2 is 2.14 bits per heavy atom. The second-order valence-electron chi connectivity index (χ2n) is 5.68. The SMILES string of the molecule is CCc1cccc(NC(=O)CN2CC(C(C)C(=O)O)C2)c1. The molecule has 1 fully saturated rings. The van der Waals surface area contributed by atoms with Gasteiger partial charge in [-0.15, -0.1) is 0 Å². The molecule has 0 aliphatic carbocycles. The van der Waals surface area contributed by atoms with Crippen LogP contribution in [-0.4, -0.2) is 41.5 Å². The molecule has 5 heteroatoms. The average molecular weight is 290 g/mol. The summed E-state index contributed by atoms with van der Waals surface area (Å²) in [5, 5.41) is 11.8. The van der Waals surface area contributed by atoms with Crippen LogP contribution in [0.4, 0.5) is 5.69 Å². The summed E-state index contributed by atoms with van der Waals surface area (Å²) in [5.74, 6) is -1.01. The van der Waals surface area contributed by atoms with Crippen molar-refractivity contribution < 1.29 is 14.7 Å². The second-order valence-corrected chi connectivity index (χ2v) is 5.68. The van der Waals surface area contributed by atoms with Crippen LogP contribution < -0.4 is 5.32 Å². The molecule has 0 bridgehead atoms. The molecule has 0 radical (unpaired) electrons. The maximum absolute atomic E-state index is 12.0. The number of anilines is 1. The zero-order valence-electron chi connectivity index (χ0n) is 12.5. The molecule has 1 saturated heterocycles. The van der Waals surface area contributed by atoms with Crippen LogP contribution in [0.5, 0.6) is 0 Å². The fourth-order valence-corrected chi connectivity index (χ4v) is 2.53.